The van der Waals surface area contributed by atoms with E-state index in [2.05, 4.69) is 30.2 Å². The Labute approximate surface area is 189 Å². The number of rotatable bonds is 4. The second-order valence-corrected chi connectivity index (χ2v) is 8.85. The summed E-state index contributed by atoms with van der Waals surface area (Å²) in [7, 11) is 0. The van der Waals surface area contributed by atoms with Crippen LogP contribution in [0.2, 0.25) is 0 Å². The number of aromatic nitrogens is 3. The number of benzene rings is 3. The number of hydrogen-bond donors (Lipinski definition) is 1. The number of fused-ring (bicyclic) bond motifs is 1. The molecule has 0 aliphatic rings. The Hall–Kier alpha value is -3.77. The lowest BCUT2D eigenvalue weighted by Crippen LogP contribution is -2.19. The van der Waals surface area contributed by atoms with Crippen LogP contribution in [0.15, 0.2) is 82.6 Å². The smallest absolute Gasteiger partial charge is 0.280 e. The predicted octanol–water partition coefficient (Wildman–Crippen LogP) is 6.20. The number of aliphatic imine (C=N–C) groups is 1. The summed E-state index contributed by atoms with van der Waals surface area (Å²) in [5, 5.41) is 4.15. The Morgan fingerprint density at radius 1 is 1.00 bits per heavy atom. The molecule has 158 valence electrons. The van der Waals surface area contributed by atoms with Crippen molar-refractivity contribution >= 4 is 33.0 Å². The van der Waals surface area contributed by atoms with Gasteiger partial charge in [0.1, 0.15) is 5.01 Å². The fourth-order valence-corrected chi connectivity index (χ4v) is 4.88. The van der Waals surface area contributed by atoms with Gasteiger partial charge in [-0.05, 0) is 74.9 Å². The number of thiazole rings is 1. The van der Waals surface area contributed by atoms with Crippen LogP contribution in [-0.2, 0) is 0 Å². The second kappa shape index (κ2) is 8.05. The number of H-pyrrole nitrogens is 1. The van der Waals surface area contributed by atoms with E-state index in [1.54, 1.807) is 16.0 Å². The Kier molecular flexibility index (Phi) is 5.07. The van der Waals surface area contributed by atoms with Crippen LogP contribution in [0.1, 0.15) is 23.7 Å². The molecule has 0 aliphatic carbocycles. The number of aromatic amines is 1. The summed E-state index contributed by atoms with van der Waals surface area (Å²) in [4.78, 5) is 22.5. The molecular formula is C26H22N4OS. The highest BCUT2D eigenvalue weighted by Crippen LogP contribution is 2.31. The Morgan fingerprint density at radius 2 is 1.75 bits per heavy atom. The number of hydrogen-bond acceptors (Lipinski definition) is 4. The third kappa shape index (κ3) is 3.69. The molecule has 5 aromatic rings. The lowest BCUT2D eigenvalue weighted by molar-refractivity contribution is 0.835. The zero-order valence-corrected chi connectivity index (χ0v) is 18.9. The summed E-state index contributed by atoms with van der Waals surface area (Å²) in [5.74, 6) is 0. The van der Waals surface area contributed by atoms with Crippen molar-refractivity contribution in [3.8, 4) is 16.3 Å². The summed E-state index contributed by atoms with van der Waals surface area (Å²) in [5.41, 5.74) is 6.89. The highest BCUT2D eigenvalue weighted by Gasteiger charge is 2.15. The lowest BCUT2D eigenvalue weighted by Gasteiger charge is -2.01. The summed E-state index contributed by atoms with van der Waals surface area (Å²) >= 11 is 1.69. The van der Waals surface area contributed by atoms with Gasteiger partial charge < -0.3 is 0 Å². The van der Waals surface area contributed by atoms with Gasteiger partial charge in [0, 0.05) is 11.3 Å². The van der Waals surface area contributed by atoms with E-state index in [1.807, 2.05) is 68.4 Å². The third-order valence-corrected chi connectivity index (χ3v) is 6.47. The van der Waals surface area contributed by atoms with Crippen molar-refractivity contribution < 1.29 is 0 Å². The summed E-state index contributed by atoms with van der Waals surface area (Å²) < 4.78 is 2.75. The van der Waals surface area contributed by atoms with E-state index in [0.717, 1.165) is 33.2 Å². The predicted molar refractivity (Wildman–Crippen MR) is 133 cm³/mol. The molecule has 6 heteroatoms. The molecule has 0 aliphatic heterocycles. The molecule has 0 fully saturated rings. The van der Waals surface area contributed by atoms with Crippen molar-refractivity contribution in [1.29, 1.82) is 0 Å². The average molecular weight is 439 g/mol. The second-order valence-electron chi connectivity index (χ2n) is 7.82. The van der Waals surface area contributed by atoms with Crippen LogP contribution in [0.25, 0.3) is 26.5 Å². The van der Waals surface area contributed by atoms with Crippen LogP contribution in [-0.4, -0.2) is 20.5 Å². The van der Waals surface area contributed by atoms with Gasteiger partial charge in [-0.1, -0.05) is 24.3 Å². The minimum Gasteiger partial charge on any atom is -0.295 e. The quantitative estimate of drug-likeness (QED) is 0.340. The van der Waals surface area contributed by atoms with Crippen LogP contribution in [0, 0.1) is 13.8 Å². The molecule has 0 radical (unpaired) electrons. The van der Waals surface area contributed by atoms with Gasteiger partial charge in [0.2, 0.25) is 0 Å². The zero-order valence-electron chi connectivity index (χ0n) is 18.1. The van der Waals surface area contributed by atoms with E-state index >= 15 is 0 Å². The van der Waals surface area contributed by atoms with E-state index in [0.29, 0.717) is 11.3 Å². The summed E-state index contributed by atoms with van der Waals surface area (Å²) in [6.45, 7) is 5.86. The molecule has 0 bridgehead atoms. The van der Waals surface area contributed by atoms with Crippen molar-refractivity contribution in [2.45, 2.75) is 20.8 Å². The average Bonchev–Trinajstić information content (AvgIpc) is 3.34. The monoisotopic (exact) mass is 438 g/mol. The number of nitrogens with one attached hydrogen (secondary N) is 1. The number of nitrogens with zero attached hydrogens (tertiary/aromatic N) is 3. The van der Waals surface area contributed by atoms with Crippen molar-refractivity contribution in [2.75, 3.05) is 0 Å². The molecule has 0 atom stereocenters. The Balaban J connectivity index is 1.45. The fraction of sp³-hybridized carbons (Fsp3) is 0.115. The van der Waals surface area contributed by atoms with Crippen LogP contribution in [0.4, 0.5) is 5.69 Å². The Bertz CT molecular complexity index is 1510. The molecule has 0 saturated heterocycles. The molecule has 5 rings (SSSR count). The first-order chi connectivity index (χ1) is 15.5. The van der Waals surface area contributed by atoms with E-state index in [4.69, 9.17) is 9.98 Å². The molecule has 1 N–H and O–H groups in total. The maximum Gasteiger partial charge on any atom is 0.280 e. The van der Waals surface area contributed by atoms with Gasteiger partial charge in [-0.2, -0.15) is 0 Å². The minimum absolute atomic E-state index is 0.101. The maximum atomic E-state index is 13.0. The Morgan fingerprint density at radius 3 is 2.50 bits per heavy atom. The van der Waals surface area contributed by atoms with E-state index < -0.39 is 0 Å². The van der Waals surface area contributed by atoms with E-state index in [-0.39, 0.29) is 5.56 Å². The van der Waals surface area contributed by atoms with Gasteiger partial charge in [0.05, 0.1) is 32.9 Å². The topological polar surface area (TPSA) is 63.0 Å². The molecule has 0 saturated carbocycles. The molecule has 0 unspecified atom stereocenters. The largest absolute Gasteiger partial charge is 0.295 e. The van der Waals surface area contributed by atoms with Crippen molar-refractivity contribution in [2.24, 2.45) is 4.99 Å². The van der Waals surface area contributed by atoms with Crippen LogP contribution < -0.4 is 5.56 Å². The van der Waals surface area contributed by atoms with Gasteiger partial charge in [-0.15, -0.1) is 11.3 Å². The van der Waals surface area contributed by atoms with Gasteiger partial charge in [0.25, 0.3) is 5.56 Å². The van der Waals surface area contributed by atoms with E-state index in [9.17, 15) is 4.79 Å². The summed E-state index contributed by atoms with van der Waals surface area (Å²) in [6, 6.07) is 23.9. The van der Waals surface area contributed by atoms with Crippen molar-refractivity contribution in [1.82, 2.24) is 14.8 Å². The third-order valence-electron chi connectivity index (χ3n) is 5.40. The van der Waals surface area contributed by atoms with Gasteiger partial charge in [-0.25, -0.2) is 9.67 Å². The standard InChI is InChI=1S/C26H22N4OS/c1-16-9-14-22-23(15-16)32-25(28-22)19-10-12-20(13-11-19)27-17(2)24-18(3)29-30(26(24)31)21-7-5-4-6-8-21/h4-15,29H,1-3H3. The zero-order chi connectivity index (χ0) is 22.2. The lowest BCUT2D eigenvalue weighted by atomic mass is 10.1. The molecule has 32 heavy (non-hydrogen) atoms. The molecule has 0 amide bonds. The molecule has 2 aromatic heterocycles. The first kappa shape index (κ1) is 20.2. The van der Waals surface area contributed by atoms with Crippen LogP contribution in [0.5, 0.6) is 0 Å². The maximum absolute atomic E-state index is 13.0. The van der Waals surface area contributed by atoms with Crippen LogP contribution in [0.3, 0.4) is 0 Å². The molecule has 0 spiro atoms. The van der Waals surface area contributed by atoms with Gasteiger partial charge in [-0.3, -0.25) is 14.9 Å². The minimum atomic E-state index is -0.101. The number of aryl methyl sites for hydroxylation is 2. The first-order valence-electron chi connectivity index (χ1n) is 10.4. The van der Waals surface area contributed by atoms with Crippen molar-refractivity contribution in [3.05, 3.63) is 100.0 Å². The van der Waals surface area contributed by atoms with Gasteiger partial charge in [0.15, 0.2) is 0 Å². The molecule has 3 aromatic carbocycles. The van der Waals surface area contributed by atoms with Gasteiger partial charge >= 0.3 is 0 Å². The fourth-order valence-electron chi connectivity index (χ4n) is 3.81. The highest BCUT2D eigenvalue weighted by molar-refractivity contribution is 7.21. The van der Waals surface area contributed by atoms with Crippen LogP contribution >= 0.6 is 11.3 Å². The van der Waals surface area contributed by atoms with Crippen molar-refractivity contribution in [3.63, 3.8) is 0 Å². The highest BCUT2D eigenvalue weighted by atomic mass is 32.1. The SMILES string of the molecule is CC(=Nc1ccc(-c2nc3ccc(C)cc3s2)cc1)c1c(C)[nH]n(-c2ccccc2)c1=O. The molecule has 5 nitrogen and oxygen atoms in total. The molecule has 2 heterocycles. The summed E-state index contributed by atoms with van der Waals surface area (Å²) in [6.07, 6.45) is 0. The normalized spacial score (nSPS) is 11.9. The first-order valence-corrected chi connectivity index (χ1v) is 11.2. The number of para-hydroxylation sites is 1. The molecular weight excluding hydrogens is 416 g/mol. The van der Waals surface area contributed by atoms with E-state index in [1.165, 1.54) is 10.3 Å².